The summed E-state index contributed by atoms with van der Waals surface area (Å²) >= 11 is 0. The number of nitrogens with one attached hydrogen (secondary N) is 2. The number of alkyl halides is 3. The first-order chi connectivity index (χ1) is 13.2. The highest BCUT2D eigenvalue weighted by Gasteiger charge is 2.30. The van der Waals surface area contributed by atoms with Crippen LogP contribution >= 0.6 is 0 Å². The van der Waals surface area contributed by atoms with Crippen molar-refractivity contribution in [3.63, 3.8) is 0 Å². The highest BCUT2D eigenvalue weighted by molar-refractivity contribution is 5.83. The van der Waals surface area contributed by atoms with Crippen LogP contribution in [-0.4, -0.2) is 25.0 Å². The molecule has 2 rings (SSSR count). The summed E-state index contributed by atoms with van der Waals surface area (Å²) in [6.07, 6.45) is -4.51. The Labute approximate surface area is 159 Å². The Kier molecular flexibility index (Phi) is 6.86. The van der Waals surface area contributed by atoms with E-state index in [1.807, 2.05) is 32.0 Å². The smallest absolute Gasteiger partial charge is 0.416 e. The second-order valence-corrected chi connectivity index (χ2v) is 5.92. The van der Waals surface area contributed by atoms with Gasteiger partial charge in [-0.3, -0.25) is 20.4 Å². The first-order valence-electron chi connectivity index (χ1n) is 8.23. The van der Waals surface area contributed by atoms with Gasteiger partial charge >= 0.3 is 6.18 Å². The highest BCUT2D eigenvalue weighted by Crippen LogP contribution is 2.31. The van der Waals surface area contributed by atoms with Gasteiger partial charge in [-0.1, -0.05) is 24.3 Å². The SMILES string of the molecule is Cc1cccc(C)c1OCC(=O)NNC(=O)COc1cccc(C(F)(F)F)c1. The zero-order valence-electron chi connectivity index (χ0n) is 15.2. The normalized spacial score (nSPS) is 10.9. The van der Waals surface area contributed by atoms with Crippen LogP contribution in [0.1, 0.15) is 16.7 Å². The summed E-state index contributed by atoms with van der Waals surface area (Å²) in [6, 6.07) is 9.68. The summed E-state index contributed by atoms with van der Waals surface area (Å²) < 4.78 is 48.3. The van der Waals surface area contributed by atoms with Crippen molar-refractivity contribution >= 4 is 11.8 Å². The molecular formula is C19H19F3N2O4. The van der Waals surface area contributed by atoms with Crippen molar-refractivity contribution in [2.75, 3.05) is 13.2 Å². The van der Waals surface area contributed by atoms with Crippen LogP contribution < -0.4 is 20.3 Å². The third-order valence-corrected chi connectivity index (χ3v) is 3.63. The van der Waals surface area contributed by atoms with Crippen LogP contribution in [0.25, 0.3) is 0 Å². The lowest BCUT2D eigenvalue weighted by atomic mass is 10.1. The van der Waals surface area contributed by atoms with E-state index in [1.54, 1.807) is 0 Å². The predicted molar refractivity (Wildman–Crippen MR) is 94.6 cm³/mol. The standard InChI is InChI=1S/C19H19F3N2O4/c1-12-5-3-6-13(2)18(12)28-11-17(26)24-23-16(25)10-27-15-8-4-7-14(9-15)19(20,21)22/h3-9H,10-11H2,1-2H3,(H,23,25)(H,24,26). The molecule has 28 heavy (non-hydrogen) atoms. The molecule has 0 saturated carbocycles. The molecule has 0 radical (unpaired) electrons. The zero-order chi connectivity index (χ0) is 20.7. The van der Waals surface area contributed by atoms with Crippen molar-refractivity contribution in [2.45, 2.75) is 20.0 Å². The molecule has 0 aliphatic heterocycles. The zero-order valence-corrected chi connectivity index (χ0v) is 15.2. The second-order valence-electron chi connectivity index (χ2n) is 5.92. The molecule has 9 heteroatoms. The van der Waals surface area contributed by atoms with Crippen LogP contribution in [0.3, 0.4) is 0 Å². The second kappa shape index (κ2) is 9.12. The number of carbonyl (C=O) groups is 2. The van der Waals surface area contributed by atoms with Gasteiger partial charge in [0.2, 0.25) is 0 Å². The van der Waals surface area contributed by atoms with Gasteiger partial charge < -0.3 is 9.47 Å². The van der Waals surface area contributed by atoms with Gasteiger partial charge in [-0.25, -0.2) is 0 Å². The molecule has 150 valence electrons. The number of amides is 2. The minimum Gasteiger partial charge on any atom is -0.484 e. The van der Waals surface area contributed by atoms with Crippen LogP contribution in [0.2, 0.25) is 0 Å². The minimum atomic E-state index is -4.51. The van der Waals surface area contributed by atoms with Gasteiger partial charge in [0.25, 0.3) is 11.8 Å². The molecule has 0 bridgehead atoms. The molecule has 0 aliphatic rings. The summed E-state index contributed by atoms with van der Waals surface area (Å²) in [5.74, 6) is -0.876. The van der Waals surface area contributed by atoms with Gasteiger partial charge in [-0.15, -0.1) is 0 Å². The molecule has 0 aliphatic carbocycles. The fourth-order valence-corrected chi connectivity index (χ4v) is 2.29. The molecule has 2 aromatic carbocycles. The van der Waals surface area contributed by atoms with Crippen molar-refractivity contribution in [3.8, 4) is 11.5 Å². The Morgan fingerprint density at radius 2 is 1.43 bits per heavy atom. The van der Waals surface area contributed by atoms with E-state index in [-0.39, 0.29) is 12.4 Å². The first-order valence-corrected chi connectivity index (χ1v) is 8.23. The molecule has 2 N–H and O–H groups in total. The van der Waals surface area contributed by atoms with Crippen LogP contribution in [0.4, 0.5) is 13.2 Å². The van der Waals surface area contributed by atoms with Gasteiger partial charge in [-0.05, 0) is 43.2 Å². The van der Waals surface area contributed by atoms with E-state index in [1.165, 1.54) is 12.1 Å². The van der Waals surface area contributed by atoms with Gasteiger partial charge in [0.15, 0.2) is 13.2 Å². The van der Waals surface area contributed by atoms with Gasteiger partial charge in [0.05, 0.1) is 5.56 Å². The third kappa shape index (κ3) is 6.19. The van der Waals surface area contributed by atoms with Crippen molar-refractivity contribution in [1.82, 2.24) is 10.9 Å². The molecule has 2 amide bonds. The molecular weight excluding hydrogens is 377 g/mol. The Morgan fingerprint density at radius 3 is 2.00 bits per heavy atom. The van der Waals surface area contributed by atoms with Crippen molar-refractivity contribution in [3.05, 3.63) is 59.2 Å². The number of rotatable bonds is 6. The number of ether oxygens (including phenoxy) is 2. The summed E-state index contributed by atoms with van der Waals surface area (Å²) in [4.78, 5) is 23.4. The average molecular weight is 396 g/mol. The lowest BCUT2D eigenvalue weighted by Crippen LogP contribution is -2.45. The topological polar surface area (TPSA) is 76.7 Å². The first kappa shape index (κ1) is 21.1. The molecule has 0 atom stereocenters. The summed E-state index contributed by atoms with van der Waals surface area (Å²) in [7, 11) is 0. The number of para-hydroxylation sites is 1. The maximum Gasteiger partial charge on any atom is 0.416 e. The quantitative estimate of drug-likeness (QED) is 0.737. The average Bonchev–Trinajstić information content (AvgIpc) is 2.64. The van der Waals surface area contributed by atoms with E-state index in [2.05, 4.69) is 10.9 Å². The highest BCUT2D eigenvalue weighted by atomic mass is 19.4. The number of hydrogen-bond donors (Lipinski definition) is 2. The van der Waals surface area contributed by atoms with E-state index in [4.69, 9.17) is 9.47 Å². The number of hydrazine groups is 1. The summed E-state index contributed by atoms with van der Waals surface area (Å²) in [5.41, 5.74) is 5.08. The fraction of sp³-hybridized carbons (Fsp3) is 0.263. The Morgan fingerprint density at radius 1 is 0.893 bits per heavy atom. The lowest BCUT2D eigenvalue weighted by Gasteiger charge is -2.13. The number of benzene rings is 2. The minimum absolute atomic E-state index is 0.116. The summed E-state index contributed by atoms with van der Waals surface area (Å²) in [6.45, 7) is 2.79. The Bertz CT molecular complexity index is 833. The monoisotopic (exact) mass is 396 g/mol. The van der Waals surface area contributed by atoms with Crippen LogP contribution in [0.15, 0.2) is 42.5 Å². The van der Waals surface area contributed by atoms with E-state index < -0.39 is 30.2 Å². The third-order valence-electron chi connectivity index (χ3n) is 3.63. The molecule has 0 aromatic heterocycles. The number of aryl methyl sites for hydroxylation is 2. The number of halogens is 3. The summed E-state index contributed by atoms with van der Waals surface area (Å²) in [5, 5.41) is 0. The lowest BCUT2D eigenvalue weighted by molar-refractivity contribution is -0.137. The van der Waals surface area contributed by atoms with E-state index in [9.17, 15) is 22.8 Å². The van der Waals surface area contributed by atoms with Gasteiger partial charge in [-0.2, -0.15) is 13.2 Å². The predicted octanol–water partition coefficient (Wildman–Crippen LogP) is 2.93. The van der Waals surface area contributed by atoms with E-state index in [0.29, 0.717) is 5.75 Å². The van der Waals surface area contributed by atoms with Crippen molar-refractivity contribution in [2.24, 2.45) is 0 Å². The largest absolute Gasteiger partial charge is 0.484 e. The maximum atomic E-state index is 12.6. The molecule has 0 fully saturated rings. The molecule has 6 nitrogen and oxygen atoms in total. The Balaban J connectivity index is 1.76. The maximum absolute atomic E-state index is 12.6. The molecule has 0 saturated heterocycles. The van der Waals surface area contributed by atoms with Gasteiger partial charge in [0.1, 0.15) is 11.5 Å². The number of hydrogen-bond acceptors (Lipinski definition) is 4. The Hall–Kier alpha value is -3.23. The molecule has 0 spiro atoms. The van der Waals surface area contributed by atoms with Crippen LogP contribution in [-0.2, 0) is 15.8 Å². The molecule has 0 unspecified atom stereocenters. The van der Waals surface area contributed by atoms with Gasteiger partial charge in [0, 0.05) is 0 Å². The van der Waals surface area contributed by atoms with Crippen molar-refractivity contribution < 1.29 is 32.2 Å². The van der Waals surface area contributed by atoms with E-state index >= 15 is 0 Å². The van der Waals surface area contributed by atoms with E-state index in [0.717, 1.165) is 23.3 Å². The fourth-order valence-electron chi connectivity index (χ4n) is 2.29. The number of carbonyl (C=O) groups excluding carboxylic acids is 2. The molecule has 0 heterocycles. The molecule has 2 aromatic rings. The van der Waals surface area contributed by atoms with Crippen LogP contribution in [0, 0.1) is 13.8 Å². The van der Waals surface area contributed by atoms with Crippen molar-refractivity contribution in [1.29, 1.82) is 0 Å². The van der Waals surface area contributed by atoms with Crippen LogP contribution in [0.5, 0.6) is 11.5 Å².